The third-order valence-electron chi connectivity index (χ3n) is 3.54. The third-order valence-corrected chi connectivity index (χ3v) is 5.48. The number of sulfonamides is 1. The number of aromatic nitrogens is 1. The van der Waals surface area contributed by atoms with Crippen molar-refractivity contribution in [3.63, 3.8) is 0 Å². The maximum atomic E-state index is 12.1. The summed E-state index contributed by atoms with van der Waals surface area (Å²) in [6.45, 7) is -1.17. The Kier molecular flexibility index (Phi) is 5.90. The Hall–Kier alpha value is -0.870. The highest BCUT2D eigenvalue weighted by molar-refractivity contribution is 9.10. The summed E-state index contributed by atoms with van der Waals surface area (Å²) in [6.07, 6.45) is 0.885. The molecule has 1 aliphatic rings. The van der Waals surface area contributed by atoms with Crippen molar-refractivity contribution in [2.45, 2.75) is 36.8 Å². The van der Waals surface area contributed by atoms with E-state index < -0.39 is 22.7 Å². The van der Waals surface area contributed by atoms with Crippen LogP contribution in [0.3, 0.4) is 0 Å². The zero-order chi connectivity index (χ0) is 17.1. The molecule has 1 fully saturated rings. The van der Waals surface area contributed by atoms with Crippen molar-refractivity contribution in [3.8, 4) is 5.88 Å². The van der Waals surface area contributed by atoms with Gasteiger partial charge in [0.15, 0.2) is 0 Å². The van der Waals surface area contributed by atoms with Crippen LogP contribution in [0.1, 0.15) is 25.7 Å². The van der Waals surface area contributed by atoms with E-state index in [1.165, 1.54) is 30.1 Å². The first-order chi connectivity index (χ1) is 10.7. The van der Waals surface area contributed by atoms with Crippen molar-refractivity contribution in [3.05, 3.63) is 16.7 Å². The Bertz CT molecular complexity index is 648. The number of nitrogens with one attached hydrogen (secondary N) is 1. The zero-order valence-electron chi connectivity index (χ0n) is 12.1. The maximum absolute atomic E-state index is 12.1. The van der Waals surface area contributed by atoms with Gasteiger partial charge >= 0.3 is 6.18 Å². The molecule has 130 valence electrons. The molecule has 2 rings (SSSR count). The van der Waals surface area contributed by atoms with Gasteiger partial charge in [-0.25, -0.2) is 18.1 Å². The number of halogens is 4. The van der Waals surface area contributed by atoms with Crippen LogP contribution in [0.4, 0.5) is 13.2 Å². The second-order valence-corrected chi connectivity index (χ2v) is 7.95. The van der Waals surface area contributed by atoms with Crippen LogP contribution in [0.5, 0.6) is 5.88 Å². The molecule has 0 amide bonds. The van der Waals surface area contributed by atoms with Gasteiger partial charge in [0.2, 0.25) is 15.9 Å². The van der Waals surface area contributed by atoms with Crippen LogP contribution < -0.4 is 9.46 Å². The van der Waals surface area contributed by atoms with Gasteiger partial charge in [0.1, 0.15) is 11.4 Å². The van der Waals surface area contributed by atoms with Crippen molar-refractivity contribution in [1.29, 1.82) is 0 Å². The summed E-state index contributed by atoms with van der Waals surface area (Å²) >= 11 is 3.13. The van der Waals surface area contributed by atoms with Crippen LogP contribution in [0.2, 0.25) is 0 Å². The molecule has 1 aliphatic carbocycles. The summed E-state index contributed by atoms with van der Waals surface area (Å²) < 4.78 is 67.1. The minimum atomic E-state index is -4.62. The van der Waals surface area contributed by atoms with Gasteiger partial charge in [-0.2, -0.15) is 13.2 Å². The van der Waals surface area contributed by atoms with Crippen molar-refractivity contribution in [2.75, 3.05) is 13.2 Å². The van der Waals surface area contributed by atoms with Gasteiger partial charge in [-0.15, -0.1) is 0 Å². The number of hydrogen-bond donors (Lipinski definition) is 1. The molecular weight excluding hydrogens is 401 g/mol. The number of pyridine rings is 1. The molecule has 1 aromatic heterocycles. The predicted molar refractivity (Wildman–Crippen MR) is 80.6 cm³/mol. The van der Waals surface area contributed by atoms with Crippen molar-refractivity contribution in [1.82, 2.24) is 9.71 Å². The lowest BCUT2D eigenvalue weighted by Crippen LogP contribution is -2.33. The smallest absolute Gasteiger partial charge is 0.402 e. The topological polar surface area (TPSA) is 68.3 Å². The van der Waals surface area contributed by atoms with Crippen LogP contribution in [-0.2, 0) is 10.0 Å². The second-order valence-electron chi connectivity index (χ2n) is 5.33. The summed E-state index contributed by atoms with van der Waals surface area (Å²) in [5, 5.41) is 0. The van der Waals surface area contributed by atoms with E-state index in [1.54, 1.807) is 0 Å². The first kappa shape index (κ1) is 18.5. The molecule has 10 heteroatoms. The van der Waals surface area contributed by atoms with Crippen molar-refractivity contribution < 1.29 is 26.3 Å². The Morgan fingerprint density at radius 1 is 1.39 bits per heavy atom. The van der Waals surface area contributed by atoms with Crippen molar-refractivity contribution >= 4 is 26.0 Å². The van der Waals surface area contributed by atoms with E-state index in [-0.39, 0.29) is 15.2 Å². The third kappa shape index (κ3) is 5.61. The highest BCUT2D eigenvalue weighted by Crippen LogP contribution is 2.30. The summed E-state index contributed by atoms with van der Waals surface area (Å²) in [4.78, 5) is 3.50. The Labute approximate surface area is 140 Å². The monoisotopic (exact) mass is 416 g/mol. The highest BCUT2D eigenvalue weighted by atomic mass is 79.9. The summed E-state index contributed by atoms with van der Waals surface area (Å²) in [5.74, 6) is 0.888. The summed E-state index contributed by atoms with van der Waals surface area (Å²) in [6, 6.07) is 1.17. The number of ether oxygens (including phenoxy) is 1. The average molecular weight is 417 g/mol. The fraction of sp³-hybridized carbons (Fsp3) is 0.615. The predicted octanol–water partition coefficient (Wildman–Crippen LogP) is 3.25. The van der Waals surface area contributed by atoms with E-state index in [2.05, 4.69) is 20.9 Å². The zero-order valence-corrected chi connectivity index (χ0v) is 14.5. The fourth-order valence-corrected chi connectivity index (χ4v) is 3.62. The van der Waals surface area contributed by atoms with E-state index in [1.807, 2.05) is 0 Å². The van der Waals surface area contributed by atoms with Crippen LogP contribution in [0.25, 0.3) is 0 Å². The Morgan fingerprint density at radius 3 is 2.61 bits per heavy atom. The van der Waals surface area contributed by atoms with E-state index in [0.717, 1.165) is 12.6 Å². The molecule has 0 aromatic carbocycles. The van der Waals surface area contributed by atoms with Gasteiger partial charge in [-0.3, -0.25) is 0 Å². The van der Waals surface area contributed by atoms with Crippen LogP contribution in [-0.4, -0.2) is 32.7 Å². The number of hydrogen-bond acceptors (Lipinski definition) is 4. The minimum Gasteiger partial charge on any atom is -0.477 e. The largest absolute Gasteiger partial charge is 0.477 e. The molecule has 0 atom stereocenters. The van der Waals surface area contributed by atoms with Gasteiger partial charge in [0, 0.05) is 0 Å². The van der Waals surface area contributed by atoms with E-state index in [9.17, 15) is 21.6 Å². The first-order valence-corrected chi connectivity index (χ1v) is 9.30. The van der Waals surface area contributed by atoms with Gasteiger partial charge in [-0.1, -0.05) is 19.3 Å². The van der Waals surface area contributed by atoms with Crippen molar-refractivity contribution in [2.24, 2.45) is 5.92 Å². The normalized spacial score (nSPS) is 16.2. The van der Waals surface area contributed by atoms with Crippen LogP contribution in [0, 0.1) is 5.92 Å². The van der Waals surface area contributed by atoms with Gasteiger partial charge in [0.05, 0.1) is 17.3 Å². The van der Waals surface area contributed by atoms with E-state index in [0.29, 0.717) is 12.5 Å². The number of nitrogens with zero attached hydrogens (tertiary/aromatic N) is 1. The molecule has 0 saturated heterocycles. The number of alkyl halides is 3. The van der Waals surface area contributed by atoms with Gasteiger partial charge in [-0.05, 0) is 34.3 Å². The molecule has 1 saturated carbocycles. The standard InChI is InChI=1S/C13H16BrF3N2O3S/c14-11-6-10(23(20,21)19-8-13(15,16)17)7-18-12(11)22-5-4-9-2-1-3-9/h6-7,9,19H,1-5,8H2. The first-order valence-electron chi connectivity index (χ1n) is 7.02. The molecule has 0 radical (unpaired) electrons. The molecule has 1 heterocycles. The number of rotatable bonds is 7. The molecule has 1 N–H and O–H groups in total. The average Bonchev–Trinajstić information content (AvgIpc) is 2.40. The molecule has 0 unspecified atom stereocenters. The lowest BCUT2D eigenvalue weighted by molar-refractivity contribution is -0.121. The molecule has 23 heavy (non-hydrogen) atoms. The fourth-order valence-electron chi connectivity index (χ4n) is 2.02. The lowest BCUT2D eigenvalue weighted by atomic mass is 9.83. The molecule has 0 spiro atoms. The Morgan fingerprint density at radius 2 is 2.09 bits per heavy atom. The molecule has 5 nitrogen and oxygen atoms in total. The minimum absolute atomic E-state index is 0.221. The van der Waals surface area contributed by atoms with E-state index >= 15 is 0 Å². The SMILES string of the molecule is O=S(=O)(NCC(F)(F)F)c1cnc(OCCC2CCC2)c(Br)c1. The van der Waals surface area contributed by atoms with E-state index in [4.69, 9.17) is 4.74 Å². The molecule has 1 aromatic rings. The summed E-state index contributed by atoms with van der Waals surface area (Å²) in [5.41, 5.74) is 0. The highest BCUT2D eigenvalue weighted by Gasteiger charge is 2.30. The van der Waals surface area contributed by atoms with Gasteiger partial charge in [0.25, 0.3) is 0 Å². The van der Waals surface area contributed by atoms with Crippen LogP contribution >= 0.6 is 15.9 Å². The van der Waals surface area contributed by atoms with Crippen LogP contribution in [0.15, 0.2) is 21.6 Å². The molecule has 0 aliphatic heterocycles. The summed E-state index contributed by atoms with van der Waals surface area (Å²) in [7, 11) is -4.28. The molecular formula is C13H16BrF3N2O3S. The van der Waals surface area contributed by atoms with Gasteiger partial charge < -0.3 is 4.74 Å². The molecule has 0 bridgehead atoms. The quantitative estimate of drug-likeness (QED) is 0.740. The Balaban J connectivity index is 1.96. The second kappa shape index (κ2) is 7.35. The lowest BCUT2D eigenvalue weighted by Gasteiger charge is -2.24. The maximum Gasteiger partial charge on any atom is 0.402 e.